The number of rotatable bonds is 6. The van der Waals surface area contributed by atoms with E-state index in [1.54, 1.807) is 24.3 Å². The summed E-state index contributed by atoms with van der Waals surface area (Å²) in [5.41, 5.74) is 1.30. The molecule has 2 aromatic carbocycles. The van der Waals surface area contributed by atoms with E-state index < -0.39 is 0 Å². The molecule has 0 fully saturated rings. The molecule has 28 heavy (non-hydrogen) atoms. The zero-order valence-electron chi connectivity index (χ0n) is 15.6. The van der Waals surface area contributed by atoms with Crippen molar-refractivity contribution in [1.29, 1.82) is 0 Å². The Hall–Kier alpha value is -2.75. The van der Waals surface area contributed by atoms with Gasteiger partial charge < -0.3 is 14.0 Å². The van der Waals surface area contributed by atoms with Crippen LogP contribution in [0.5, 0.6) is 11.5 Å². The number of fused-ring (bicyclic) bond motifs is 1. The normalized spacial score (nSPS) is 11.4. The van der Waals surface area contributed by atoms with E-state index in [0.29, 0.717) is 46.6 Å². The molecule has 0 bridgehead atoms. The van der Waals surface area contributed by atoms with E-state index in [-0.39, 0.29) is 5.91 Å². The molecule has 0 aliphatic heterocycles. The summed E-state index contributed by atoms with van der Waals surface area (Å²) in [5.74, 6) is 3.34. The number of aromatic nitrogens is 1. The molecule has 3 aromatic rings. The number of nitrogens with zero attached hydrogens (tertiary/aromatic N) is 2. The van der Waals surface area contributed by atoms with Crippen LogP contribution in [0.25, 0.3) is 10.2 Å². The summed E-state index contributed by atoms with van der Waals surface area (Å²) in [6, 6.07) is 10.5. The minimum atomic E-state index is -0.382. The predicted octanol–water partition coefficient (Wildman–Crippen LogP) is 4.53. The monoisotopic (exact) mass is 414 g/mol. The van der Waals surface area contributed by atoms with Gasteiger partial charge in [0.2, 0.25) is 0 Å². The fourth-order valence-corrected chi connectivity index (χ4v) is 4.02. The van der Waals surface area contributed by atoms with Gasteiger partial charge in [-0.3, -0.25) is 4.79 Å². The summed E-state index contributed by atoms with van der Waals surface area (Å²) >= 11 is 7.45. The lowest BCUT2D eigenvalue weighted by molar-refractivity contribution is 0.0997. The Morgan fingerprint density at radius 1 is 1.18 bits per heavy atom. The first-order chi connectivity index (χ1) is 13.6. The number of carbonyl (C=O) groups excluding carboxylic acids is 1. The van der Waals surface area contributed by atoms with E-state index in [2.05, 4.69) is 10.9 Å². The van der Waals surface area contributed by atoms with Crippen LogP contribution in [0.1, 0.15) is 24.2 Å². The maximum absolute atomic E-state index is 12.8. The van der Waals surface area contributed by atoms with Crippen molar-refractivity contribution in [2.45, 2.75) is 20.4 Å². The molecule has 0 unspecified atom stereocenters. The third-order valence-corrected chi connectivity index (χ3v) is 5.16. The lowest BCUT2D eigenvalue weighted by Gasteiger charge is -2.11. The molecule has 0 saturated heterocycles. The first-order valence-corrected chi connectivity index (χ1v) is 9.97. The molecule has 7 heteroatoms. The molecule has 144 valence electrons. The van der Waals surface area contributed by atoms with E-state index in [1.165, 1.54) is 11.3 Å². The summed E-state index contributed by atoms with van der Waals surface area (Å²) < 4.78 is 13.9. The molecule has 0 N–H and O–H groups in total. The second kappa shape index (κ2) is 8.96. The van der Waals surface area contributed by atoms with Crippen LogP contribution >= 0.6 is 22.9 Å². The summed E-state index contributed by atoms with van der Waals surface area (Å²) in [7, 11) is 0. The molecule has 0 atom stereocenters. The Kier molecular flexibility index (Phi) is 6.40. The van der Waals surface area contributed by atoms with Gasteiger partial charge >= 0.3 is 0 Å². The highest BCUT2D eigenvalue weighted by molar-refractivity contribution is 7.16. The van der Waals surface area contributed by atoms with Gasteiger partial charge in [0, 0.05) is 10.6 Å². The van der Waals surface area contributed by atoms with Crippen LogP contribution in [0.3, 0.4) is 0 Å². The highest BCUT2D eigenvalue weighted by Gasteiger charge is 2.13. The Labute approximate surface area is 172 Å². The van der Waals surface area contributed by atoms with Crippen LogP contribution in [0, 0.1) is 12.3 Å². The van der Waals surface area contributed by atoms with Gasteiger partial charge in [0.1, 0.15) is 0 Å². The van der Waals surface area contributed by atoms with Crippen LogP contribution in [-0.2, 0) is 6.54 Å². The molecule has 1 heterocycles. The van der Waals surface area contributed by atoms with Crippen molar-refractivity contribution in [3.8, 4) is 23.8 Å². The third kappa shape index (κ3) is 4.22. The van der Waals surface area contributed by atoms with Crippen molar-refractivity contribution in [1.82, 2.24) is 4.57 Å². The predicted molar refractivity (Wildman–Crippen MR) is 112 cm³/mol. The lowest BCUT2D eigenvalue weighted by atomic mass is 10.2. The Balaban J connectivity index is 2.06. The van der Waals surface area contributed by atoms with Crippen LogP contribution in [0.4, 0.5) is 0 Å². The number of carbonyl (C=O) groups is 1. The Bertz CT molecular complexity index is 1120. The number of ether oxygens (including phenoxy) is 2. The van der Waals surface area contributed by atoms with E-state index in [9.17, 15) is 4.79 Å². The second-order valence-electron chi connectivity index (χ2n) is 5.73. The molecule has 0 radical (unpaired) electrons. The molecular weight excluding hydrogens is 396 g/mol. The molecule has 1 aromatic heterocycles. The first kappa shape index (κ1) is 20.0. The van der Waals surface area contributed by atoms with Gasteiger partial charge in [-0.15, -0.1) is 6.42 Å². The van der Waals surface area contributed by atoms with Gasteiger partial charge in [-0.05, 0) is 50.2 Å². The fraction of sp³-hybridized carbons (Fsp3) is 0.238. The zero-order valence-corrected chi connectivity index (χ0v) is 17.1. The molecule has 0 aliphatic rings. The molecule has 5 nitrogen and oxygen atoms in total. The van der Waals surface area contributed by atoms with Crippen molar-refractivity contribution in [2.24, 2.45) is 4.99 Å². The SMILES string of the molecule is C#CCn1c(=NC(=O)c2ccc(OCC)c(OCC)c2)sc2cc(Cl)ccc21. The largest absolute Gasteiger partial charge is 0.490 e. The molecule has 1 amide bonds. The van der Waals surface area contributed by atoms with Gasteiger partial charge in [-0.25, -0.2) is 0 Å². The smallest absolute Gasteiger partial charge is 0.279 e. The van der Waals surface area contributed by atoms with Crippen molar-refractivity contribution in [3.05, 3.63) is 51.8 Å². The minimum absolute atomic E-state index is 0.307. The Morgan fingerprint density at radius 3 is 2.64 bits per heavy atom. The number of hydrogen-bond acceptors (Lipinski definition) is 4. The first-order valence-electron chi connectivity index (χ1n) is 8.78. The fourth-order valence-electron chi connectivity index (χ4n) is 2.71. The summed E-state index contributed by atoms with van der Waals surface area (Å²) in [5, 5.41) is 0.618. The van der Waals surface area contributed by atoms with Crippen LogP contribution in [0.15, 0.2) is 41.4 Å². The Morgan fingerprint density at radius 2 is 1.93 bits per heavy atom. The minimum Gasteiger partial charge on any atom is -0.490 e. The summed E-state index contributed by atoms with van der Waals surface area (Å²) in [6.45, 7) is 5.05. The van der Waals surface area contributed by atoms with E-state index in [0.717, 1.165) is 10.2 Å². The molecule has 3 rings (SSSR count). The number of amides is 1. The summed E-state index contributed by atoms with van der Waals surface area (Å²) in [6.07, 6.45) is 5.50. The maximum Gasteiger partial charge on any atom is 0.279 e. The van der Waals surface area contributed by atoms with Crippen LogP contribution < -0.4 is 14.3 Å². The number of thiazole rings is 1. The molecule has 0 spiro atoms. The quantitative estimate of drug-likeness (QED) is 0.557. The zero-order chi connectivity index (χ0) is 20.1. The van der Waals surface area contributed by atoms with Crippen LogP contribution in [-0.4, -0.2) is 23.7 Å². The second-order valence-corrected chi connectivity index (χ2v) is 7.18. The van der Waals surface area contributed by atoms with Crippen molar-refractivity contribution in [3.63, 3.8) is 0 Å². The van der Waals surface area contributed by atoms with Gasteiger partial charge in [0.25, 0.3) is 5.91 Å². The molecular formula is C21H19ClN2O3S. The number of halogens is 1. The van der Waals surface area contributed by atoms with Crippen molar-refractivity contribution < 1.29 is 14.3 Å². The number of benzene rings is 2. The highest BCUT2D eigenvalue weighted by atomic mass is 35.5. The van der Waals surface area contributed by atoms with E-state index >= 15 is 0 Å². The van der Waals surface area contributed by atoms with Gasteiger partial charge in [-0.1, -0.05) is 28.9 Å². The molecule has 0 aliphatic carbocycles. The van der Waals surface area contributed by atoms with E-state index in [4.69, 9.17) is 27.5 Å². The third-order valence-electron chi connectivity index (χ3n) is 3.88. The standard InChI is InChI=1S/C21H19ClN2O3S/c1-4-11-24-16-9-8-15(22)13-19(16)28-21(24)23-20(25)14-7-10-17(26-5-2)18(12-14)27-6-3/h1,7-10,12-13H,5-6,11H2,2-3H3. The topological polar surface area (TPSA) is 52.8 Å². The van der Waals surface area contributed by atoms with Crippen LogP contribution in [0.2, 0.25) is 5.02 Å². The highest BCUT2D eigenvalue weighted by Crippen LogP contribution is 2.29. The average molecular weight is 415 g/mol. The van der Waals surface area contributed by atoms with Crippen molar-refractivity contribution in [2.75, 3.05) is 13.2 Å². The van der Waals surface area contributed by atoms with E-state index in [1.807, 2.05) is 30.5 Å². The number of terminal acetylenes is 1. The van der Waals surface area contributed by atoms with Gasteiger partial charge in [0.05, 0.1) is 30.0 Å². The average Bonchev–Trinajstić information content (AvgIpc) is 3.00. The maximum atomic E-state index is 12.8. The van der Waals surface area contributed by atoms with Crippen molar-refractivity contribution >= 4 is 39.1 Å². The van der Waals surface area contributed by atoms with Gasteiger partial charge in [-0.2, -0.15) is 4.99 Å². The molecule has 0 saturated carbocycles. The lowest BCUT2D eigenvalue weighted by Crippen LogP contribution is -2.16. The van der Waals surface area contributed by atoms with Gasteiger partial charge in [0.15, 0.2) is 16.3 Å². The summed E-state index contributed by atoms with van der Waals surface area (Å²) in [4.78, 5) is 17.6. The number of hydrogen-bond donors (Lipinski definition) is 0.